The fourth-order valence-corrected chi connectivity index (χ4v) is 4.12. The van der Waals surface area contributed by atoms with Gasteiger partial charge in [0.25, 0.3) is 0 Å². The molecule has 1 unspecified atom stereocenters. The lowest BCUT2D eigenvalue weighted by Gasteiger charge is -2.22. The zero-order valence-corrected chi connectivity index (χ0v) is 21.4. The minimum Gasteiger partial charge on any atom is -0.490 e. The fraction of sp³-hybridized carbons (Fsp3) is 0.480. The molecule has 0 spiro atoms. The van der Waals surface area contributed by atoms with Crippen molar-refractivity contribution >= 4 is 35.6 Å². The number of guanidine groups is 1. The zero-order chi connectivity index (χ0) is 21.5. The third-order valence-electron chi connectivity index (χ3n) is 5.80. The molecule has 2 aliphatic rings. The third-order valence-corrected chi connectivity index (χ3v) is 5.80. The smallest absolute Gasteiger partial charge is 0.192 e. The van der Waals surface area contributed by atoms with Crippen LogP contribution in [0.5, 0.6) is 11.5 Å². The van der Waals surface area contributed by atoms with Gasteiger partial charge in [0.1, 0.15) is 0 Å². The van der Waals surface area contributed by atoms with Crippen LogP contribution in [0, 0.1) is 0 Å². The van der Waals surface area contributed by atoms with Gasteiger partial charge in [-0.2, -0.15) is 0 Å². The number of rotatable bonds is 6. The molecule has 174 valence electrons. The monoisotopic (exact) mass is 550 g/mol. The Hall–Kier alpha value is -2.16. The summed E-state index contributed by atoms with van der Waals surface area (Å²) in [5.74, 6) is 2.44. The van der Waals surface area contributed by atoms with E-state index in [1.54, 1.807) is 0 Å². The van der Waals surface area contributed by atoms with Gasteiger partial charge in [-0.15, -0.1) is 24.0 Å². The average molecular weight is 550 g/mol. The molecule has 1 atom stereocenters. The van der Waals surface area contributed by atoms with Crippen molar-refractivity contribution in [2.75, 3.05) is 37.7 Å². The molecule has 0 amide bonds. The van der Waals surface area contributed by atoms with Gasteiger partial charge in [-0.05, 0) is 50.5 Å². The van der Waals surface area contributed by atoms with Crippen LogP contribution in [0.15, 0.2) is 47.5 Å². The molecule has 2 aliphatic heterocycles. The number of halogens is 1. The molecule has 0 saturated carbocycles. The van der Waals surface area contributed by atoms with E-state index in [4.69, 9.17) is 14.5 Å². The molecule has 0 aromatic heterocycles. The summed E-state index contributed by atoms with van der Waals surface area (Å²) in [6.07, 6.45) is 3.47. The van der Waals surface area contributed by atoms with Crippen LogP contribution < -0.4 is 25.0 Å². The maximum absolute atomic E-state index is 5.94. The molecule has 32 heavy (non-hydrogen) atoms. The Morgan fingerprint density at radius 3 is 2.66 bits per heavy atom. The largest absolute Gasteiger partial charge is 0.490 e. The third kappa shape index (κ3) is 6.21. The summed E-state index contributed by atoms with van der Waals surface area (Å²) in [4.78, 5) is 7.31. The van der Waals surface area contributed by atoms with E-state index in [1.807, 2.05) is 12.1 Å². The Bertz CT molecular complexity index is 899. The minimum atomic E-state index is 0. The summed E-state index contributed by atoms with van der Waals surface area (Å²) in [6.45, 7) is 9.28. The molecule has 2 heterocycles. The Kier molecular flexibility index (Phi) is 9.32. The second-order valence-corrected chi connectivity index (χ2v) is 8.15. The number of fused-ring (bicyclic) bond motifs is 1. The molecule has 7 heteroatoms. The Labute approximate surface area is 208 Å². The maximum Gasteiger partial charge on any atom is 0.192 e. The maximum atomic E-state index is 5.94. The van der Waals surface area contributed by atoms with Crippen LogP contribution in [0.3, 0.4) is 0 Å². The highest BCUT2D eigenvalue weighted by molar-refractivity contribution is 14.0. The van der Waals surface area contributed by atoms with Crippen molar-refractivity contribution in [3.05, 3.63) is 53.6 Å². The van der Waals surface area contributed by atoms with Gasteiger partial charge in [-0.25, -0.2) is 4.99 Å². The van der Waals surface area contributed by atoms with Crippen LogP contribution >= 0.6 is 24.0 Å². The normalized spacial score (nSPS) is 16.7. The van der Waals surface area contributed by atoms with Crippen LogP contribution in [-0.2, 0) is 6.54 Å². The van der Waals surface area contributed by atoms with Gasteiger partial charge in [-0.1, -0.05) is 24.3 Å². The molecule has 2 N–H and O–H groups in total. The lowest BCUT2D eigenvalue weighted by atomic mass is 10.1. The fourth-order valence-electron chi connectivity index (χ4n) is 4.12. The summed E-state index contributed by atoms with van der Waals surface area (Å²) in [5, 5.41) is 6.94. The van der Waals surface area contributed by atoms with Gasteiger partial charge in [0.05, 0.1) is 25.8 Å². The van der Waals surface area contributed by atoms with Crippen LogP contribution in [0.4, 0.5) is 5.69 Å². The van der Waals surface area contributed by atoms with E-state index < -0.39 is 0 Å². The first-order valence-electron chi connectivity index (χ1n) is 11.5. The number of benzene rings is 2. The van der Waals surface area contributed by atoms with Crippen LogP contribution in [0.1, 0.15) is 50.3 Å². The first-order chi connectivity index (χ1) is 15.2. The van der Waals surface area contributed by atoms with Gasteiger partial charge in [-0.3, -0.25) is 0 Å². The molecule has 1 saturated heterocycles. The topological polar surface area (TPSA) is 58.1 Å². The van der Waals surface area contributed by atoms with Crippen molar-refractivity contribution in [1.82, 2.24) is 10.6 Å². The van der Waals surface area contributed by atoms with Crippen LogP contribution in [0.2, 0.25) is 0 Å². The molecule has 1 fully saturated rings. The Balaban J connectivity index is 0.00000289. The Morgan fingerprint density at radius 2 is 1.84 bits per heavy atom. The molecule has 0 radical (unpaired) electrons. The van der Waals surface area contributed by atoms with E-state index in [-0.39, 0.29) is 30.0 Å². The number of ether oxygens (including phenoxy) is 2. The van der Waals surface area contributed by atoms with Crippen LogP contribution in [-0.4, -0.2) is 38.8 Å². The van der Waals surface area contributed by atoms with E-state index >= 15 is 0 Å². The number of hydrogen-bond acceptors (Lipinski definition) is 4. The summed E-state index contributed by atoms with van der Waals surface area (Å²) >= 11 is 0. The van der Waals surface area contributed by atoms with Crippen molar-refractivity contribution in [2.45, 2.75) is 45.7 Å². The van der Waals surface area contributed by atoms with Gasteiger partial charge in [0.15, 0.2) is 17.5 Å². The summed E-state index contributed by atoms with van der Waals surface area (Å²) in [7, 11) is 0. The first-order valence-corrected chi connectivity index (χ1v) is 11.5. The molecule has 2 aromatic rings. The van der Waals surface area contributed by atoms with E-state index in [2.05, 4.69) is 59.7 Å². The van der Waals surface area contributed by atoms with Crippen molar-refractivity contribution < 1.29 is 9.47 Å². The molecule has 0 bridgehead atoms. The highest BCUT2D eigenvalue weighted by Gasteiger charge is 2.16. The van der Waals surface area contributed by atoms with Gasteiger partial charge < -0.3 is 25.0 Å². The lowest BCUT2D eigenvalue weighted by molar-refractivity contribution is 0.296. The lowest BCUT2D eigenvalue weighted by Crippen LogP contribution is -2.38. The van der Waals surface area contributed by atoms with E-state index in [9.17, 15) is 0 Å². The first kappa shape index (κ1) is 24.5. The predicted octanol–water partition coefficient (Wildman–Crippen LogP) is 4.88. The van der Waals surface area contributed by atoms with Crippen molar-refractivity contribution in [2.24, 2.45) is 4.99 Å². The number of anilines is 1. The number of nitrogens with one attached hydrogen (secondary N) is 2. The SMILES string of the molecule is CCNC(=NCc1cccc2c1OCCCO2)NC(C)c1cccc(N2CCCC2)c1.I. The number of nitrogens with zero attached hydrogens (tertiary/aromatic N) is 2. The molecule has 6 nitrogen and oxygen atoms in total. The number of hydrogen-bond donors (Lipinski definition) is 2. The van der Waals surface area contributed by atoms with Crippen molar-refractivity contribution in [3.63, 3.8) is 0 Å². The van der Waals surface area contributed by atoms with E-state index in [1.165, 1.54) is 24.1 Å². The molecular weight excluding hydrogens is 515 g/mol. The van der Waals surface area contributed by atoms with E-state index in [0.717, 1.165) is 49.1 Å². The quantitative estimate of drug-likeness (QED) is 0.305. The van der Waals surface area contributed by atoms with Gasteiger partial charge >= 0.3 is 0 Å². The standard InChI is InChI=1S/C25H34N4O2.HI/c1-3-26-25(27-18-21-10-7-12-23-24(21)31-16-8-15-30-23)28-19(2)20-9-6-11-22(17-20)29-13-4-5-14-29;/h6-7,9-12,17,19H,3-5,8,13-16,18H2,1-2H3,(H2,26,27,28);1H. The highest BCUT2D eigenvalue weighted by atomic mass is 127. The molecular formula is C25H35IN4O2. The van der Waals surface area contributed by atoms with Gasteiger partial charge in [0.2, 0.25) is 0 Å². The minimum absolute atomic E-state index is 0. The summed E-state index contributed by atoms with van der Waals surface area (Å²) < 4.78 is 11.8. The average Bonchev–Trinajstić information content (AvgIpc) is 3.23. The molecule has 0 aliphatic carbocycles. The second-order valence-electron chi connectivity index (χ2n) is 8.15. The summed E-state index contributed by atoms with van der Waals surface area (Å²) in [5.41, 5.74) is 3.62. The van der Waals surface area contributed by atoms with Gasteiger partial charge in [0, 0.05) is 37.3 Å². The molecule has 4 rings (SSSR count). The van der Waals surface area contributed by atoms with Crippen molar-refractivity contribution in [1.29, 1.82) is 0 Å². The number of para-hydroxylation sites is 1. The molecule has 2 aromatic carbocycles. The Morgan fingerprint density at radius 1 is 1.06 bits per heavy atom. The second kappa shape index (κ2) is 12.2. The van der Waals surface area contributed by atoms with E-state index in [0.29, 0.717) is 19.8 Å². The van der Waals surface area contributed by atoms with Crippen molar-refractivity contribution in [3.8, 4) is 11.5 Å². The number of aliphatic imine (C=N–C) groups is 1. The van der Waals surface area contributed by atoms with Crippen LogP contribution in [0.25, 0.3) is 0 Å². The zero-order valence-electron chi connectivity index (χ0n) is 19.1. The predicted molar refractivity (Wildman–Crippen MR) is 142 cm³/mol. The summed E-state index contributed by atoms with van der Waals surface area (Å²) in [6, 6.07) is 15.0. The highest BCUT2D eigenvalue weighted by Crippen LogP contribution is 2.33.